The second-order valence-electron chi connectivity index (χ2n) is 6.80. The fourth-order valence-electron chi connectivity index (χ4n) is 3.10. The zero-order valence-corrected chi connectivity index (χ0v) is 16.7. The van der Waals surface area contributed by atoms with Gasteiger partial charge in [-0.25, -0.2) is 13.4 Å². The lowest BCUT2D eigenvalue weighted by molar-refractivity contribution is 0.102. The smallest absolute Gasteiger partial charge is 0.257 e. The molecule has 27 heavy (non-hydrogen) atoms. The SMILES string of the molecule is CC(C)S(=O)(=O)N1CCc2nc(NC(=O)c3ccc4cc[nH]c4c3)sc2C1. The summed E-state index contributed by atoms with van der Waals surface area (Å²) in [6.07, 6.45) is 2.39. The van der Waals surface area contributed by atoms with Crippen LogP contribution in [0.15, 0.2) is 30.5 Å². The molecule has 0 spiro atoms. The van der Waals surface area contributed by atoms with Crippen LogP contribution in [0.25, 0.3) is 10.9 Å². The topological polar surface area (TPSA) is 95.2 Å². The Bertz CT molecular complexity index is 1110. The van der Waals surface area contributed by atoms with Gasteiger partial charge in [0, 0.05) is 41.7 Å². The van der Waals surface area contributed by atoms with Gasteiger partial charge in [-0.1, -0.05) is 6.07 Å². The molecule has 1 aromatic carbocycles. The van der Waals surface area contributed by atoms with Crippen molar-refractivity contribution in [1.82, 2.24) is 14.3 Å². The van der Waals surface area contributed by atoms with Crippen molar-refractivity contribution in [2.24, 2.45) is 0 Å². The Balaban J connectivity index is 1.52. The second kappa shape index (κ2) is 6.74. The van der Waals surface area contributed by atoms with E-state index in [0.29, 0.717) is 30.2 Å². The van der Waals surface area contributed by atoms with Gasteiger partial charge in [-0.3, -0.25) is 10.1 Å². The Morgan fingerprint density at radius 3 is 2.93 bits per heavy atom. The van der Waals surface area contributed by atoms with E-state index in [1.54, 1.807) is 26.0 Å². The first-order chi connectivity index (χ1) is 12.8. The van der Waals surface area contributed by atoms with Crippen LogP contribution in [0, 0.1) is 0 Å². The first kappa shape index (κ1) is 18.1. The maximum Gasteiger partial charge on any atom is 0.257 e. The third kappa shape index (κ3) is 3.38. The number of thiazole rings is 1. The molecule has 0 fully saturated rings. The van der Waals surface area contributed by atoms with Crippen LogP contribution in [-0.4, -0.2) is 40.4 Å². The summed E-state index contributed by atoms with van der Waals surface area (Å²) in [4.78, 5) is 21.0. The molecule has 1 aliphatic heterocycles. The van der Waals surface area contributed by atoms with Crippen molar-refractivity contribution >= 4 is 43.3 Å². The molecule has 3 heterocycles. The molecule has 0 aliphatic carbocycles. The number of benzene rings is 1. The summed E-state index contributed by atoms with van der Waals surface area (Å²) < 4.78 is 26.3. The van der Waals surface area contributed by atoms with E-state index in [-0.39, 0.29) is 5.91 Å². The van der Waals surface area contributed by atoms with Crippen LogP contribution in [0.3, 0.4) is 0 Å². The van der Waals surface area contributed by atoms with Crippen molar-refractivity contribution < 1.29 is 13.2 Å². The van der Waals surface area contributed by atoms with Crippen molar-refractivity contribution in [1.29, 1.82) is 0 Å². The lowest BCUT2D eigenvalue weighted by Gasteiger charge is -2.26. The van der Waals surface area contributed by atoms with E-state index in [1.165, 1.54) is 15.6 Å². The van der Waals surface area contributed by atoms with Crippen LogP contribution < -0.4 is 5.32 Å². The summed E-state index contributed by atoms with van der Waals surface area (Å²) >= 11 is 1.34. The summed E-state index contributed by atoms with van der Waals surface area (Å²) in [5, 5.41) is 3.93. The number of hydrogen-bond donors (Lipinski definition) is 2. The number of H-pyrrole nitrogens is 1. The van der Waals surface area contributed by atoms with E-state index in [2.05, 4.69) is 15.3 Å². The third-order valence-electron chi connectivity index (χ3n) is 4.69. The van der Waals surface area contributed by atoms with Gasteiger partial charge in [0.25, 0.3) is 5.91 Å². The van der Waals surface area contributed by atoms with Crippen LogP contribution in [0.2, 0.25) is 0 Å². The highest BCUT2D eigenvalue weighted by Crippen LogP contribution is 2.30. The van der Waals surface area contributed by atoms with Crippen LogP contribution >= 0.6 is 11.3 Å². The van der Waals surface area contributed by atoms with Crippen LogP contribution in [0.4, 0.5) is 5.13 Å². The van der Waals surface area contributed by atoms with Gasteiger partial charge in [0.15, 0.2) is 5.13 Å². The van der Waals surface area contributed by atoms with Gasteiger partial charge in [-0.05, 0) is 37.4 Å². The van der Waals surface area contributed by atoms with Gasteiger partial charge in [0.2, 0.25) is 10.0 Å². The van der Waals surface area contributed by atoms with Gasteiger partial charge in [-0.15, -0.1) is 11.3 Å². The first-order valence-electron chi connectivity index (χ1n) is 8.70. The molecule has 0 unspecified atom stereocenters. The van der Waals surface area contributed by atoms with Gasteiger partial charge in [-0.2, -0.15) is 4.31 Å². The van der Waals surface area contributed by atoms with Crippen molar-refractivity contribution in [3.05, 3.63) is 46.6 Å². The normalized spacial score (nSPS) is 15.2. The highest BCUT2D eigenvalue weighted by atomic mass is 32.2. The summed E-state index contributed by atoms with van der Waals surface area (Å²) in [5.41, 5.74) is 2.31. The molecule has 3 aromatic rings. The molecule has 2 aromatic heterocycles. The number of amides is 1. The molecule has 0 atom stereocenters. The van der Waals surface area contributed by atoms with Crippen molar-refractivity contribution in [2.45, 2.75) is 32.1 Å². The summed E-state index contributed by atoms with van der Waals surface area (Å²) in [6.45, 7) is 4.11. The van der Waals surface area contributed by atoms with Crippen molar-refractivity contribution in [2.75, 3.05) is 11.9 Å². The Hall–Kier alpha value is -2.23. The number of aromatic amines is 1. The minimum absolute atomic E-state index is 0.232. The molecule has 0 saturated heterocycles. The average molecular weight is 405 g/mol. The zero-order chi connectivity index (χ0) is 19.2. The predicted octanol–water partition coefficient (Wildman–Crippen LogP) is 2.97. The fraction of sp³-hybridized carbons (Fsp3) is 0.333. The molecule has 9 heteroatoms. The molecule has 4 rings (SSSR count). The molecule has 0 saturated carbocycles. The van der Waals surface area contributed by atoms with E-state index in [4.69, 9.17) is 0 Å². The number of hydrogen-bond acceptors (Lipinski definition) is 5. The monoisotopic (exact) mass is 404 g/mol. The standard InChI is InChI=1S/C18H20N4O3S2/c1-11(2)27(24,25)22-8-6-14-16(10-22)26-18(20-14)21-17(23)13-4-3-12-5-7-19-15(12)9-13/h3-5,7,9,11,19H,6,8,10H2,1-2H3,(H,20,21,23). The van der Waals surface area contributed by atoms with Gasteiger partial charge < -0.3 is 4.98 Å². The summed E-state index contributed by atoms with van der Waals surface area (Å²) in [6, 6.07) is 7.41. The maximum atomic E-state index is 12.5. The number of carbonyl (C=O) groups excluding carboxylic acids is 1. The predicted molar refractivity (Wildman–Crippen MR) is 107 cm³/mol. The Morgan fingerprint density at radius 1 is 1.33 bits per heavy atom. The molecule has 0 radical (unpaired) electrons. The number of nitrogens with zero attached hydrogens (tertiary/aromatic N) is 2. The molecule has 7 nitrogen and oxygen atoms in total. The van der Waals surface area contributed by atoms with Gasteiger partial charge in [0.1, 0.15) is 0 Å². The first-order valence-corrected chi connectivity index (χ1v) is 11.0. The highest BCUT2D eigenvalue weighted by Gasteiger charge is 2.31. The Kier molecular flexibility index (Phi) is 4.53. The molecular formula is C18H20N4O3S2. The molecule has 142 valence electrons. The quantitative estimate of drug-likeness (QED) is 0.699. The largest absolute Gasteiger partial charge is 0.361 e. The number of aromatic nitrogens is 2. The zero-order valence-electron chi connectivity index (χ0n) is 15.0. The average Bonchev–Trinajstić information content (AvgIpc) is 3.25. The molecular weight excluding hydrogens is 384 g/mol. The minimum Gasteiger partial charge on any atom is -0.361 e. The second-order valence-corrected chi connectivity index (χ2v) is 10.4. The van der Waals surface area contributed by atoms with E-state index in [9.17, 15) is 13.2 Å². The van der Waals surface area contributed by atoms with E-state index in [0.717, 1.165) is 21.5 Å². The molecule has 1 amide bonds. The number of rotatable bonds is 4. The number of carbonyl (C=O) groups is 1. The summed E-state index contributed by atoms with van der Waals surface area (Å²) in [5.74, 6) is -0.232. The Labute approximate surface area is 161 Å². The van der Waals surface area contributed by atoms with Gasteiger partial charge in [0.05, 0.1) is 10.9 Å². The molecule has 0 bridgehead atoms. The highest BCUT2D eigenvalue weighted by molar-refractivity contribution is 7.89. The fourth-order valence-corrected chi connectivity index (χ4v) is 5.45. The van der Waals surface area contributed by atoms with E-state index < -0.39 is 15.3 Å². The number of fused-ring (bicyclic) bond motifs is 2. The number of anilines is 1. The lowest BCUT2D eigenvalue weighted by Crippen LogP contribution is -2.39. The molecule has 1 aliphatic rings. The third-order valence-corrected chi connectivity index (χ3v) is 7.91. The lowest BCUT2D eigenvalue weighted by atomic mass is 10.1. The van der Waals surface area contributed by atoms with Crippen molar-refractivity contribution in [3.63, 3.8) is 0 Å². The Morgan fingerprint density at radius 2 is 2.15 bits per heavy atom. The number of nitrogens with one attached hydrogen (secondary N) is 2. The minimum atomic E-state index is -3.29. The van der Waals surface area contributed by atoms with Crippen molar-refractivity contribution in [3.8, 4) is 0 Å². The van der Waals surface area contributed by atoms with E-state index >= 15 is 0 Å². The maximum absolute atomic E-state index is 12.5. The van der Waals surface area contributed by atoms with Gasteiger partial charge >= 0.3 is 0 Å². The van der Waals surface area contributed by atoms with E-state index in [1.807, 2.05) is 18.3 Å². The molecule has 2 N–H and O–H groups in total. The van der Waals surface area contributed by atoms with Crippen LogP contribution in [0.1, 0.15) is 34.8 Å². The van der Waals surface area contributed by atoms with Crippen LogP contribution in [-0.2, 0) is 23.0 Å². The summed E-state index contributed by atoms with van der Waals surface area (Å²) in [7, 11) is -3.29. The number of sulfonamides is 1. The van der Waals surface area contributed by atoms with Crippen LogP contribution in [0.5, 0.6) is 0 Å².